The summed E-state index contributed by atoms with van der Waals surface area (Å²) in [6.45, 7) is 4.52. The summed E-state index contributed by atoms with van der Waals surface area (Å²) in [6.07, 6.45) is -0.0395. The lowest BCUT2D eigenvalue weighted by Gasteiger charge is -2.37. The van der Waals surface area contributed by atoms with E-state index >= 15 is 0 Å². The van der Waals surface area contributed by atoms with Gasteiger partial charge in [0.15, 0.2) is 0 Å². The van der Waals surface area contributed by atoms with Gasteiger partial charge in [-0.2, -0.15) is 0 Å². The molecule has 2 atom stereocenters. The number of ether oxygens (including phenoxy) is 1. The van der Waals surface area contributed by atoms with Crippen LogP contribution in [0.4, 0.5) is 0 Å². The normalized spacial score (nSPS) is 24.6. The van der Waals surface area contributed by atoms with Gasteiger partial charge in [0, 0.05) is 6.54 Å². The van der Waals surface area contributed by atoms with Crippen molar-refractivity contribution in [2.75, 3.05) is 19.7 Å². The van der Waals surface area contributed by atoms with Gasteiger partial charge in [-0.1, -0.05) is 12.1 Å². The molecule has 116 valence electrons. The molecule has 3 amide bonds. The lowest BCUT2D eigenvalue weighted by atomic mass is 10.1. The highest BCUT2D eigenvalue weighted by Crippen LogP contribution is 2.22. The molecule has 1 saturated heterocycles. The second-order valence-corrected chi connectivity index (χ2v) is 5.78. The Balaban J connectivity index is 1.75. The van der Waals surface area contributed by atoms with E-state index in [1.165, 1.54) is 0 Å². The Kier molecular flexibility index (Phi) is 3.70. The number of hydrogen-bond acceptors (Lipinski definition) is 4. The maximum absolute atomic E-state index is 12.5. The number of benzene rings is 1. The molecule has 1 aromatic rings. The average Bonchev–Trinajstić information content (AvgIpc) is 2.75. The topological polar surface area (TPSA) is 66.9 Å². The van der Waals surface area contributed by atoms with Gasteiger partial charge in [0.05, 0.1) is 29.9 Å². The SMILES string of the molecule is CC1CN(C(=O)CN2C(=O)c3ccccc3C2=O)C(C)CO1. The fraction of sp³-hybridized carbons (Fsp3) is 0.438. The molecule has 1 aromatic carbocycles. The Labute approximate surface area is 128 Å². The molecule has 0 saturated carbocycles. The molecule has 22 heavy (non-hydrogen) atoms. The molecule has 2 aliphatic rings. The minimum absolute atomic E-state index is 0.0395. The van der Waals surface area contributed by atoms with Crippen molar-refractivity contribution in [3.05, 3.63) is 35.4 Å². The summed E-state index contributed by atoms with van der Waals surface area (Å²) in [6, 6.07) is 6.58. The van der Waals surface area contributed by atoms with Crippen LogP contribution in [0.25, 0.3) is 0 Å². The van der Waals surface area contributed by atoms with Gasteiger partial charge in [0.1, 0.15) is 6.54 Å². The van der Waals surface area contributed by atoms with Crippen LogP contribution in [0.5, 0.6) is 0 Å². The van der Waals surface area contributed by atoms with Crippen LogP contribution in [0.15, 0.2) is 24.3 Å². The predicted molar refractivity (Wildman–Crippen MR) is 78.4 cm³/mol. The van der Waals surface area contributed by atoms with Crippen LogP contribution in [-0.4, -0.2) is 59.4 Å². The van der Waals surface area contributed by atoms with Crippen molar-refractivity contribution in [3.8, 4) is 0 Å². The van der Waals surface area contributed by atoms with Crippen LogP contribution in [0.3, 0.4) is 0 Å². The Bertz CT molecular complexity index is 608. The quantitative estimate of drug-likeness (QED) is 0.762. The summed E-state index contributed by atoms with van der Waals surface area (Å²) in [5.41, 5.74) is 0.729. The summed E-state index contributed by atoms with van der Waals surface area (Å²) < 4.78 is 5.49. The molecule has 1 fully saturated rings. The zero-order valence-electron chi connectivity index (χ0n) is 12.6. The standard InChI is InChI=1S/C16H18N2O4/c1-10-9-22-11(2)7-17(10)14(19)8-18-15(20)12-5-3-4-6-13(12)16(18)21/h3-6,10-11H,7-9H2,1-2H3. The van der Waals surface area contributed by atoms with Gasteiger partial charge in [-0.3, -0.25) is 19.3 Å². The van der Waals surface area contributed by atoms with Gasteiger partial charge in [0.25, 0.3) is 11.8 Å². The Hall–Kier alpha value is -2.21. The largest absolute Gasteiger partial charge is 0.375 e. The third-order valence-corrected chi connectivity index (χ3v) is 4.10. The van der Waals surface area contributed by atoms with Crippen molar-refractivity contribution in [1.29, 1.82) is 0 Å². The highest BCUT2D eigenvalue weighted by atomic mass is 16.5. The maximum Gasteiger partial charge on any atom is 0.262 e. The van der Waals surface area contributed by atoms with Gasteiger partial charge in [-0.25, -0.2) is 0 Å². The zero-order valence-corrected chi connectivity index (χ0v) is 12.6. The molecule has 0 aromatic heterocycles. The molecular weight excluding hydrogens is 284 g/mol. The molecule has 6 nitrogen and oxygen atoms in total. The van der Waals surface area contributed by atoms with E-state index in [0.29, 0.717) is 24.3 Å². The predicted octanol–water partition coefficient (Wildman–Crippen LogP) is 0.918. The Morgan fingerprint density at radius 1 is 1.18 bits per heavy atom. The van der Waals surface area contributed by atoms with Crippen LogP contribution >= 0.6 is 0 Å². The lowest BCUT2D eigenvalue weighted by molar-refractivity contribution is -0.143. The summed E-state index contributed by atoms with van der Waals surface area (Å²) in [5.74, 6) is -1.03. The first-order valence-electron chi connectivity index (χ1n) is 7.35. The molecule has 0 radical (unpaired) electrons. The fourth-order valence-corrected chi connectivity index (χ4v) is 2.86. The Morgan fingerprint density at radius 2 is 1.77 bits per heavy atom. The van der Waals surface area contributed by atoms with Crippen molar-refractivity contribution in [3.63, 3.8) is 0 Å². The third-order valence-electron chi connectivity index (χ3n) is 4.10. The molecule has 3 rings (SSSR count). The molecule has 0 N–H and O–H groups in total. The van der Waals surface area contributed by atoms with E-state index in [2.05, 4.69) is 0 Å². The van der Waals surface area contributed by atoms with E-state index in [1.54, 1.807) is 29.2 Å². The van der Waals surface area contributed by atoms with Crippen molar-refractivity contribution in [2.24, 2.45) is 0 Å². The van der Waals surface area contributed by atoms with Gasteiger partial charge in [-0.05, 0) is 26.0 Å². The molecule has 2 aliphatic heterocycles. The van der Waals surface area contributed by atoms with Crippen molar-refractivity contribution < 1.29 is 19.1 Å². The van der Waals surface area contributed by atoms with E-state index in [0.717, 1.165) is 4.90 Å². The molecule has 2 heterocycles. The van der Waals surface area contributed by atoms with Crippen LogP contribution in [0.1, 0.15) is 34.6 Å². The number of amides is 3. The van der Waals surface area contributed by atoms with E-state index < -0.39 is 11.8 Å². The van der Waals surface area contributed by atoms with Crippen LogP contribution in [-0.2, 0) is 9.53 Å². The van der Waals surface area contributed by atoms with E-state index in [9.17, 15) is 14.4 Å². The van der Waals surface area contributed by atoms with Crippen molar-refractivity contribution >= 4 is 17.7 Å². The first kappa shape index (κ1) is 14.7. The monoisotopic (exact) mass is 302 g/mol. The minimum Gasteiger partial charge on any atom is -0.375 e. The number of fused-ring (bicyclic) bond motifs is 1. The highest BCUT2D eigenvalue weighted by Gasteiger charge is 2.38. The van der Waals surface area contributed by atoms with Gasteiger partial charge in [-0.15, -0.1) is 0 Å². The minimum atomic E-state index is -0.400. The summed E-state index contributed by atoms with van der Waals surface area (Å²) in [4.78, 5) is 39.7. The van der Waals surface area contributed by atoms with Crippen LogP contribution in [0.2, 0.25) is 0 Å². The zero-order chi connectivity index (χ0) is 15.9. The third kappa shape index (κ3) is 2.39. The number of hydrogen-bond donors (Lipinski definition) is 0. The first-order chi connectivity index (χ1) is 10.5. The summed E-state index contributed by atoms with van der Waals surface area (Å²) in [7, 11) is 0. The van der Waals surface area contributed by atoms with Crippen molar-refractivity contribution in [1.82, 2.24) is 9.80 Å². The maximum atomic E-state index is 12.5. The number of morpholine rings is 1. The highest BCUT2D eigenvalue weighted by molar-refractivity contribution is 6.22. The molecular formula is C16H18N2O4. The number of carbonyl (C=O) groups is 3. The van der Waals surface area contributed by atoms with Gasteiger partial charge < -0.3 is 9.64 Å². The first-order valence-corrected chi connectivity index (χ1v) is 7.35. The van der Waals surface area contributed by atoms with Crippen molar-refractivity contribution in [2.45, 2.75) is 26.0 Å². The fourth-order valence-electron chi connectivity index (χ4n) is 2.86. The number of carbonyl (C=O) groups excluding carboxylic acids is 3. The van der Waals surface area contributed by atoms with Crippen LogP contribution in [0, 0.1) is 0 Å². The van der Waals surface area contributed by atoms with Gasteiger partial charge >= 0.3 is 0 Å². The molecule has 0 bridgehead atoms. The average molecular weight is 302 g/mol. The number of imide groups is 1. The second-order valence-electron chi connectivity index (χ2n) is 5.78. The van der Waals surface area contributed by atoms with E-state index in [1.807, 2.05) is 13.8 Å². The lowest BCUT2D eigenvalue weighted by Crippen LogP contribution is -2.53. The van der Waals surface area contributed by atoms with E-state index in [-0.39, 0.29) is 24.6 Å². The smallest absolute Gasteiger partial charge is 0.262 e. The van der Waals surface area contributed by atoms with E-state index in [4.69, 9.17) is 4.74 Å². The summed E-state index contributed by atoms with van der Waals surface area (Å²) >= 11 is 0. The summed E-state index contributed by atoms with van der Waals surface area (Å²) in [5, 5.41) is 0. The second kappa shape index (κ2) is 5.53. The Morgan fingerprint density at radius 3 is 2.36 bits per heavy atom. The molecule has 0 aliphatic carbocycles. The molecule has 6 heteroatoms. The number of rotatable bonds is 2. The van der Waals surface area contributed by atoms with Crippen LogP contribution < -0.4 is 0 Å². The molecule has 0 spiro atoms. The van der Waals surface area contributed by atoms with Gasteiger partial charge in [0.2, 0.25) is 5.91 Å². The number of nitrogens with zero attached hydrogens (tertiary/aromatic N) is 2. The molecule has 2 unspecified atom stereocenters.